The Labute approximate surface area is 385 Å². The molecule has 10 heteroatoms. The summed E-state index contributed by atoms with van der Waals surface area (Å²) < 4.78 is 30.2. The Morgan fingerprint density at radius 2 is 0.672 bits per heavy atom. The van der Waals surface area contributed by atoms with E-state index in [1.165, 1.54) is 42.5 Å². The van der Waals surface area contributed by atoms with Crippen molar-refractivity contribution in [2.24, 2.45) is 34.0 Å². The number of hydrogen-bond donors (Lipinski definition) is 0. The van der Waals surface area contributed by atoms with Crippen LogP contribution in [0, 0.1) is 34.0 Å². The van der Waals surface area contributed by atoms with Crippen LogP contribution < -0.4 is 9.81 Å². The molecule has 3 heterocycles. The Morgan fingerprint density at radius 3 is 0.885 bits per heavy atom. The van der Waals surface area contributed by atoms with Crippen LogP contribution in [0.1, 0.15) is 123 Å². The molecule has 323 valence electrons. The van der Waals surface area contributed by atoms with Crippen molar-refractivity contribution in [1.82, 2.24) is 13.7 Å². The summed E-state index contributed by atoms with van der Waals surface area (Å²) in [6, 6.07) is 28.3. The van der Waals surface area contributed by atoms with Crippen LogP contribution in [0.4, 0.5) is 0 Å². The summed E-state index contributed by atoms with van der Waals surface area (Å²) in [6.45, 7) is 34.3. The van der Waals surface area contributed by atoms with Gasteiger partial charge in [-0.1, -0.05) is 0 Å². The van der Waals surface area contributed by atoms with E-state index in [9.17, 15) is 0 Å². The topological polar surface area (TPSA) is 42.5 Å². The molecule has 0 aliphatic rings. The molecule has 0 aliphatic carbocycles. The number of hydrogen-bond acceptors (Lipinski definition) is 3. The molecule has 0 N–H and O–H groups in total. The Kier molecular flexibility index (Phi) is 13.9. The molecule has 9 radical (unpaired) electrons. The van der Waals surface area contributed by atoms with Crippen LogP contribution in [0.3, 0.4) is 0 Å². The van der Waals surface area contributed by atoms with Crippen LogP contribution in [-0.4, -0.2) is 66.9 Å². The number of rotatable bonds is 15. The van der Waals surface area contributed by atoms with E-state index >= 15 is 0 Å². The zero-order valence-corrected chi connectivity index (χ0v) is 46.0. The van der Waals surface area contributed by atoms with Gasteiger partial charge in [-0.15, -0.1) is 0 Å². The Bertz CT molecular complexity index is 2200. The number of benzene rings is 3. The molecule has 0 fully saturated rings. The van der Waals surface area contributed by atoms with Gasteiger partial charge in [0.15, 0.2) is 0 Å². The quantitative estimate of drug-likeness (QED) is 0.0963. The molecule has 0 amide bonds. The molecule has 6 rings (SSSR count). The van der Waals surface area contributed by atoms with Crippen LogP contribution in [0.15, 0.2) is 91.4 Å². The third-order valence-electron chi connectivity index (χ3n) is 13.4. The van der Waals surface area contributed by atoms with Crippen LogP contribution in [-0.2, 0) is 30.5 Å². The van der Waals surface area contributed by atoms with E-state index in [4.69, 9.17) is 13.3 Å². The molecule has 6 atom stereocenters. The Balaban J connectivity index is 1.60. The molecular weight excluding hydrogens is 996 g/mol. The van der Waals surface area contributed by atoms with Crippen molar-refractivity contribution in [3.63, 3.8) is 0 Å². The van der Waals surface area contributed by atoms with Gasteiger partial charge in [-0.25, -0.2) is 0 Å². The second kappa shape index (κ2) is 17.6. The van der Waals surface area contributed by atoms with E-state index < -0.39 is 38.9 Å². The molecule has 61 heavy (non-hydrogen) atoms. The molecule has 6 aromatic rings. The molecule has 0 saturated carbocycles. The van der Waals surface area contributed by atoms with Gasteiger partial charge in [0, 0.05) is 0 Å². The van der Waals surface area contributed by atoms with E-state index in [1.54, 1.807) is 0 Å². The molecular formula is C51H69BiN3O3Si3. The van der Waals surface area contributed by atoms with E-state index in [1.807, 2.05) is 0 Å². The predicted molar refractivity (Wildman–Crippen MR) is 262 cm³/mol. The van der Waals surface area contributed by atoms with E-state index in [0.29, 0.717) is 0 Å². The van der Waals surface area contributed by atoms with Gasteiger partial charge in [0.1, 0.15) is 0 Å². The molecule has 0 spiro atoms. The molecule has 6 unspecified atom stereocenters. The molecule has 3 aromatic carbocycles. The normalized spacial score (nSPS) is 17.8. The van der Waals surface area contributed by atoms with Crippen LogP contribution in [0.25, 0.3) is 32.7 Å². The standard InChI is InChI=1S/3C17H23NOSi.Bi/c3*1-13(12-16(2,3)4)17(5,19-20)18-11-10-14-8-6-7-9-15(14)18;/h3*6,8-11,13H,12H2,1-5H3;. The maximum absolute atomic E-state index is 6.30. The number of aromatic nitrogens is 3. The fraction of sp³-hybridized carbons (Fsp3) is 0.529. The Hall–Kier alpha value is -2.31. The third-order valence-corrected chi connectivity index (χ3v) is 23.9. The van der Waals surface area contributed by atoms with Crippen LogP contribution in [0.2, 0.25) is 0 Å². The average molecular weight is 1070 g/mol. The van der Waals surface area contributed by atoms with Gasteiger partial charge < -0.3 is 0 Å². The van der Waals surface area contributed by atoms with Gasteiger partial charge in [0.2, 0.25) is 0 Å². The van der Waals surface area contributed by atoms with E-state index in [0.717, 1.165) is 19.3 Å². The van der Waals surface area contributed by atoms with Gasteiger partial charge >= 0.3 is 388 Å². The maximum atomic E-state index is 6.30. The van der Waals surface area contributed by atoms with Crippen molar-refractivity contribution in [2.75, 3.05) is 0 Å². The summed E-state index contributed by atoms with van der Waals surface area (Å²) >= 11 is -3.15. The van der Waals surface area contributed by atoms with Gasteiger partial charge in [-0.2, -0.15) is 0 Å². The summed E-state index contributed by atoms with van der Waals surface area (Å²) in [6.07, 6.45) is 9.62. The average Bonchev–Trinajstić information content (AvgIpc) is 3.92. The first-order valence-electron chi connectivity index (χ1n) is 22.0. The first-order valence-corrected chi connectivity index (χ1v) is 28.4. The first kappa shape index (κ1) is 48.2. The van der Waals surface area contributed by atoms with Crippen molar-refractivity contribution in [3.8, 4) is 0 Å². The molecule has 0 saturated heterocycles. The van der Waals surface area contributed by atoms with Crippen molar-refractivity contribution in [2.45, 2.75) is 140 Å². The second-order valence-corrected chi connectivity index (χ2v) is 31.3. The second-order valence-electron chi connectivity index (χ2n) is 22.1. The third kappa shape index (κ3) is 9.72. The summed E-state index contributed by atoms with van der Waals surface area (Å²) in [5, 5.41) is 3.61. The van der Waals surface area contributed by atoms with Gasteiger partial charge in [-0.3, -0.25) is 0 Å². The zero-order chi connectivity index (χ0) is 45.1. The predicted octanol–water partition coefficient (Wildman–Crippen LogP) is 10.6. The number of fused-ring (bicyclic) bond motifs is 3. The molecule has 0 bridgehead atoms. The first-order chi connectivity index (χ1) is 28.3. The fourth-order valence-corrected chi connectivity index (χ4v) is 19.8. The van der Waals surface area contributed by atoms with Gasteiger partial charge in [0.05, 0.1) is 0 Å². The fourth-order valence-electron chi connectivity index (χ4n) is 9.86. The number of nitrogens with zero attached hydrogens (tertiary/aromatic N) is 3. The summed E-state index contributed by atoms with van der Waals surface area (Å²) in [7, 11) is 10.7. The summed E-state index contributed by atoms with van der Waals surface area (Å²) in [5.41, 5.74) is 2.15. The molecule has 0 aliphatic heterocycles. The van der Waals surface area contributed by atoms with Crippen molar-refractivity contribution in [1.29, 1.82) is 0 Å². The molecule has 6 nitrogen and oxygen atoms in total. The monoisotopic (exact) mass is 1060 g/mol. The van der Waals surface area contributed by atoms with E-state index in [2.05, 4.69) is 240 Å². The van der Waals surface area contributed by atoms with Crippen molar-refractivity contribution >= 4 is 95.7 Å². The van der Waals surface area contributed by atoms with Crippen molar-refractivity contribution in [3.05, 3.63) is 91.4 Å². The van der Waals surface area contributed by atoms with Crippen LogP contribution in [0.5, 0.6) is 0 Å². The minimum atomic E-state index is -3.15. The summed E-state index contributed by atoms with van der Waals surface area (Å²) in [4.78, 5) is 0. The van der Waals surface area contributed by atoms with Gasteiger partial charge in [0.25, 0.3) is 0 Å². The molecule has 3 aromatic heterocycles. The SMILES string of the molecule is CC(CC(C)(C)C)C(C)(O[Si])n1ccc2cc[c]([Bi]([c]3ccc4ccn(C(C)(O[Si])C(C)CC(C)(C)C)c4c3)[c]3ccc4ccn(C(C)(O[Si])C(C)CC(C)(C)C)c4c3)cc21. The van der Waals surface area contributed by atoms with Crippen molar-refractivity contribution < 1.29 is 13.3 Å². The minimum absolute atomic E-state index is 0.147. The zero-order valence-electron chi connectivity index (χ0n) is 39.5. The van der Waals surface area contributed by atoms with Gasteiger partial charge in [-0.05, 0) is 0 Å². The Morgan fingerprint density at radius 1 is 0.426 bits per heavy atom. The van der Waals surface area contributed by atoms with E-state index in [-0.39, 0.29) is 34.0 Å². The van der Waals surface area contributed by atoms with Crippen LogP contribution >= 0.6 is 0 Å². The summed E-state index contributed by atoms with van der Waals surface area (Å²) in [5.74, 6) is 0.684.